The van der Waals surface area contributed by atoms with Gasteiger partial charge in [-0.3, -0.25) is 0 Å². The van der Waals surface area contributed by atoms with E-state index in [1.165, 1.54) is 17.4 Å². The summed E-state index contributed by atoms with van der Waals surface area (Å²) in [7, 11) is 1.62. The molecule has 2 heterocycles. The standard InChI is InChI=1S/C21H22FN3O3S/c1-27-15-7-5-14(6-8-15)13-23-20(26)25-11-9-16(10-12-25)28-21-24-19-17(22)3-2-4-18(19)29-21/h2-8,16H,9-13H2,1H3,(H,23,26). The van der Waals surface area contributed by atoms with E-state index in [0.717, 1.165) is 16.0 Å². The first-order valence-corrected chi connectivity index (χ1v) is 10.3. The molecule has 1 aliphatic rings. The zero-order chi connectivity index (χ0) is 20.2. The van der Waals surface area contributed by atoms with Crippen LogP contribution >= 0.6 is 11.3 Å². The van der Waals surface area contributed by atoms with Gasteiger partial charge in [-0.15, -0.1) is 0 Å². The fourth-order valence-corrected chi connectivity index (χ4v) is 4.19. The van der Waals surface area contributed by atoms with Crippen molar-refractivity contribution in [3.05, 3.63) is 53.8 Å². The number of ether oxygens (including phenoxy) is 2. The molecule has 1 aliphatic heterocycles. The summed E-state index contributed by atoms with van der Waals surface area (Å²) >= 11 is 1.35. The second-order valence-corrected chi connectivity index (χ2v) is 7.87. The van der Waals surface area contributed by atoms with Crippen molar-refractivity contribution in [2.75, 3.05) is 20.2 Å². The Labute approximate surface area is 172 Å². The zero-order valence-electron chi connectivity index (χ0n) is 16.1. The van der Waals surface area contributed by atoms with Crippen molar-refractivity contribution in [3.63, 3.8) is 0 Å². The monoisotopic (exact) mass is 415 g/mol. The van der Waals surface area contributed by atoms with E-state index in [4.69, 9.17) is 9.47 Å². The first-order chi connectivity index (χ1) is 14.1. The lowest BCUT2D eigenvalue weighted by molar-refractivity contribution is 0.111. The molecule has 2 aromatic carbocycles. The predicted octanol–water partition coefficient (Wildman–Crippen LogP) is 4.20. The number of hydrogen-bond donors (Lipinski definition) is 1. The fourth-order valence-electron chi connectivity index (χ4n) is 3.30. The van der Waals surface area contributed by atoms with E-state index in [0.29, 0.717) is 43.2 Å². The number of amides is 2. The van der Waals surface area contributed by atoms with E-state index >= 15 is 0 Å². The SMILES string of the molecule is COc1ccc(CNC(=O)N2CCC(Oc3nc4c(F)cccc4s3)CC2)cc1. The van der Waals surface area contributed by atoms with Gasteiger partial charge in [0.2, 0.25) is 0 Å². The third kappa shape index (κ3) is 4.59. The van der Waals surface area contributed by atoms with Gasteiger partial charge in [-0.2, -0.15) is 4.98 Å². The number of piperidine rings is 1. The molecule has 3 aromatic rings. The molecule has 4 rings (SSSR count). The topological polar surface area (TPSA) is 63.7 Å². The average molecular weight is 415 g/mol. The lowest BCUT2D eigenvalue weighted by atomic mass is 10.1. The highest BCUT2D eigenvalue weighted by Gasteiger charge is 2.24. The summed E-state index contributed by atoms with van der Waals surface area (Å²) in [4.78, 5) is 18.5. The predicted molar refractivity (Wildman–Crippen MR) is 110 cm³/mol. The Morgan fingerprint density at radius 1 is 1.24 bits per heavy atom. The van der Waals surface area contributed by atoms with Crippen molar-refractivity contribution >= 4 is 27.6 Å². The minimum absolute atomic E-state index is 0.0238. The van der Waals surface area contributed by atoms with Crippen LogP contribution < -0.4 is 14.8 Å². The highest BCUT2D eigenvalue weighted by atomic mass is 32.1. The van der Waals surface area contributed by atoms with E-state index in [2.05, 4.69) is 10.3 Å². The molecule has 8 heteroatoms. The second-order valence-electron chi connectivity index (χ2n) is 6.88. The Morgan fingerprint density at radius 2 is 2.00 bits per heavy atom. The molecule has 0 spiro atoms. The molecule has 1 saturated heterocycles. The maximum Gasteiger partial charge on any atom is 0.317 e. The molecule has 0 unspecified atom stereocenters. The summed E-state index contributed by atoms with van der Waals surface area (Å²) in [6.45, 7) is 1.69. The van der Waals surface area contributed by atoms with Gasteiger partial charge in [0.1, 0.15) is 23.2 Å². The normalized spacial score (nSPS) is 14.8. The van der Waals surface area contributed by atoms with Crippen molar-refractivity contribution in [2.45, 2.75) is 25.5 Å². The van der Waals surface area contributed by atoms with Crippen LogP contribution in [0.5, 0.6) is 10.9 Å². The number of carbonyl (C=O) groups excluding carboxylic acids is 1. The molecule has 0 aliphatic carbocycles. The number of nitrogens with zero attached hydrogens (tertiary/aromatic N) is 2. The van der Waals surface area contributed by atoms with Crippen molar-refractivity contribution in [1.82, 2.24) is 15.2 Å². The van der Waals surface area contributed by atoms with Gasteiger partial charge in [-0.25, -0.2) is 9.18 Å². The second kappa shape index (κ2) is 8.65. The third-order valence-electron chi connectivity index (χ3n) is 4.95. The van der Waals surface area contributed by atoms with Crippen molar-refractivity contribution in [2.24, 2.45) is 0 Å². The van der Waals surface area contributed by atoms with Gasteiger partial charge in [0.15, 0.2) is 0 Å². The van der Waals surface area contributed by atoms with Crippen LogP contribution in [0, 0.1) is 5.82 Å². The van der Waals surface area contributed by atoms with E-state index < -0.39 is 0 Å². The first kappa shape index (κ1) is 19.4. The van der Waals surface area contributed by atoms with Gasteiger partial charge < -0.3 is 19.7 Å². The van der Waals surface area contributed by atoms with Crippen LogP contribution in [0.4, 0.5) is 9.18 Å². The molecule has 6 nitrogen and oxygen atoms in total. The number of nitrogens with one attached hydrogen (secondary N) is 1. The maximum absolute atomic E-state index is 13.8. The number of hydrogen-bond acceptors (Lipinski definition) is 5. The lowest BCUT2D eigenvalue weighted by Crippen LogP contribution is -2.46. The molecular formula is C21H22FN3O3S. The van der Waals surface area contributed by atoms with Crippen LogP contribution in [0.1, 0.15) is 18.4 Å². The van der Waals surface area contributed by atoms with Gasteiger partial charge in [0.25, 0.3) is 5.19 Å². The Morgan fingerprint density at radius 3 is 2.69 bits per heavy atom. The number of aromatic nitrogens is 1. The number of rotatable bonds is 5. The summed E-state index contributed by atoms with van der Waals surface area (Å²) in [5.74, 6) is 0.454. The van der Waals surface area contributed by atoms with E-state index in [1.807, 2.05) is 30.3 Å². The number of halogens is 1. The lowest BCUT2D eigenvalue weighted by Gasteiger charge is -2.31. The van der Waals surface area contributed by atoms with E-state index in [-0.39, 0.29) is 18.0 Å². The number of para-hydroxylation sites is 1. The van der Waals surface area contributed by atoms with Crippen molar-refractivity contribution < 1.29 is 18.7 Å². The Hall–Kier alpha value is -2.87. The molecular weight excluding hydrogens is 393 g/mol. The first-order valence-electron chi connectivity index (χ1n) is 9.50. The Kier molecular flexibility index (Phi) is 5.80. The van der Waals surface area contributed by atoms with Gasteiger partial charge in [0.05, 0.1) is 11.8 Å². The summed E-state index contributed by atoms with van der Waals surface area (Å²) in [5, 5.41) is 3.43. The number of thiazole rings is 1. The maximum atomic E-state index is 13.8. The number of benzene rings is 2. The summed E-state index contributed by atoms with van der Waals surface area (Å²) < 4.78 is 25.6. The molecule has 1 aromatic heterocycles. The van der Waals surface area contributed by atoms with E-state index in [9.17, 15) is 9.18 Å². The molecule has 1 N–H and O–H groups in total. The number of fused-ring (bicyclic) bond motifs is 1. The van der Waals surface area contributed by atoms with Crippen LogP contribution in [-0.2, 0) is 6.54 Å². The van der Waals surface area contributed by atoms with Crippen molar-refractivity contribution in [1.29, 1.82) is 0 Å². The van der Waals surface area contributed by atoms with Crippen molar-refractivity contribution in [3.8, 4) is 10.9 Å². The van der Waals surface area contributed by atoms with Crippen LogP contribution in [-0.4, -0.2) is 42.2 Å². The number of urea groups is 1. The summed E-state index contributed by atoms with van der Waals surface area (Å²) in [6.07, 6.45) is 1.41. The minimum atomic E-state index is -0.336. The molecule has 0 atom stereocenters. The molecule has 29 heavy (non-hydrogen) atoms. The molecule has 0 saturated carbocycles. The average Bonchev–Trinajstić information content (AvgIpc) is 3.17. The number of methoxy groups -OCH3 is 1. The highest BCUT2D eigenvalue weighted by Crippen LogP contribution is 2.31. The molecule has 152 valence electrons. The van der Waals surface area contributed by atoms with Crippen LogP contribution in [0.2, 0.25) is 0 Å². The van der Waals surface area contributed by atoms with Crippen LogP contribution in [0.25, 0.3) is 10.2 Å². The van der Waals surface area contributed by atoms with Crippen LogP contribution in [0.3, 0.4) is 0 Å². The zero-order valence-corrected chi connectivity index (χ0v) is 16.9. The van der Waals surface area contributed by atoms with Gasteiger partial charge >= 0.3 is 6.03 Å². The Bertz CT molecular complexity index is 985. The van der Waals surface area contributed by atoms with E-state index in [1.54, 1.807) is 18.1 Å². The van der Waals surface area contributed by atoms with Gasteiger partial charge in [-0.05, 0) is 29.8 Å². The fraction of sp³-hybridized carbons (Fsp3) is 0.333. The minimum Gasteiger partial charge on any atom is -0.497 e. The molecule has 2 amide bonds. The van der Waals surface area contributed by atoms with Crippen LogP contribution in [0.15, 0.2) is 42.5 Å². The van der Waals surface area contributed by atoms with Gasteiger partial charge in [-0.1, -0.05) is 29.5 Å². The number of carbonyl (C=O) groups is 1. The third-order valence-corrected chi connectivity index (χ3v) is 5.86. The summed E-state index contributed by atoms with van der Waals surface area (Å²) in [5.41, 5.74) is 1.36. The largest absolute Gasteiger partial charge is 0.497 e. The molecule has 0 bridgehead atoms. The quantitative estimate of drug-likeness (QED) is 0.679. The van der Waals surface area contributed by atoms with Gasteiger partial charge in [0, 0.05) is 32.5 Å². The number of likely N-dealkylation sites (tertiary alicyclic amines) is 1. The highest BCUT2D eigenvalue weighted by molar-refractivity contribution is 7.20. The summed E-state index contributed by atoms with van der Waals surface area (Å²) in [6, 6.07) is 12.4. The molecule has 0 radical (unpaired) electrons. The Balaban J connectivity index is 1.25. The molecule has 1 fully saturated rings. The smallest absolute Gasteiger partial charge is 0.317 e.